The summed E-state index contributed by atoms with van der Waals surface area (Å²) in [5.74, 6) is 1.35. The quantitative estimate of drug-likeness (QED) is 0.869. The number of likely N-dealkylation sites (N-methyl/N-ethyl adjacent to an activating group) is 2. The van der Waals surface area contributed by atoms with Crippen LogP contribution in [-0.4, -0.2) is 66.3 Å². The highest BCUT2D eigenvalue weighted by atomic mass is 16.5. The van der Waals surface area contributed by atoms with Gasteiger partial charge in [-0.1, -0.05) is 17.3 Å². The summed E-state index contributed by atoms with van der Waals surface area (Å²) in [5, 5.41) is 7.28. The van der Waals surface area contributed by atoms with Gasteiger partial charge in [-0.05, 0) is 38.7 Å². The second-order valence-electron chi connectivity index (χ2n) is 6.69. The fourth-order valence-electron chi connectivity index (χ4n) is 2.90. The molecule has 1 N–H and O–H groups in total. The van der Waals surface area contributed by atoms with Gasteiger partial charge in [0.2, 0.25) is 0 Å². The van der Waals surface area contributed by atoms with Crippen molar-refractivity contribution in [2.24, 2.45) is 0 Å². The van der Waals surface area contributed by atoms with Crippen LogP contribution in [0.1, 0.15) is 18.3 Å². The van der Waals surface area contributed by atoms with Crippen LogP contribution in [0.5, 0.6) is 0 Å². The Hall–Kier alpha value is -1.76. The minimum Gasteiger partial charge on any atom is -0.334 e. The fraction of sp³-hybridized carbons (Fsp3) is 0.556. The predicted molar refractivity (Wildman–Crippen MR) is 94.7 cm³/mol. The van der Waals surface area contributed by atoms with Crippen LogP contribution in [0.15, 0.2) is 28.8 Å². The minimum atomic E-state index is 0.332. The molecule has 0 amide bonds. The Balaban J connectivity index is 1.66. The lowest BCUT2D eigenvalue weighted by Gasteiger charge is -2.32. The molecule has 0 spiro atoms. The first-order valence-electron chi connectivity index (χ1n) is 8.64. The molecule has 1 fully saturated rings. The number of rotatable bonds is 6. The van der Waals surface area contributed by atoms with Gasteiger partial charge >= 0.3 is 0 Å². The molecule has 1 saturated heterocycles. The first-order chi connectivity index (χ1) is 11.6. The van der Waals surface area contributed by atoms with E-state index in [1.165, 1.54) is 5.56 Å². The molecule has 1 aliphatic rings. The molecule has 2 aromatic rings. The highest BCUT2D eigenvalue weighted by Crippen LogP contribution is 2.20. The molecule has 1 atom stereocenters. The molecule has 3 rings (SSSR count). The summed E-state index contributed by atoms with van der Waals surface area (Å²) in [4.78, 5) is 9.40. The van der Waals surface area contributed by atoms with Crippen LogP contribution in [0.3, 0.4) is 0 Å². The summed E-state index contributed by atoms with van der Waals surface area (Å²) in [5.41, 5.74) is 2.29. The van der Waals surface area contributed by atoms with Gasteiger partial charge in [0.1, 0.15) is 0 Å². The Morgan fingerprint density at radius 3 is 2.79 bits per heavy atom. The monoisotopic (exact) mass is 329 g/mol. The average molecular weight is 329 g/mol. The SMILES string of the molecule is CNC(C)Cc1noc(-c2cccc(CN3CCN(C)CC3)c2)n1. The van der Waals surface area contributed by atoms with Gasteiger partial charge in [0.15, 0.2) is 5.82 Å². The highest BCUT2D eigenvalue weighted by molar-refractivity contribution is 5.54. The number of benzene rings is 1. The van der Waals surface area contributed by atoms with Crippen molar-refractivity contribution in [3.05, 3.63) is 35.7 Å². The van der Waals surface area contributed by atoms with Crippen LogP contribution in [0, 0.1) is 0 Å². The summed E-state index contributed by atoms with van der Waals surface area (Å²) in [7, 11) is 4.12. The topological polar surface area (TPSA) is 57.4 Å². The maximum atomic E-state index is 5.45. The summed E-state index contributed by atoms with van der Waals surface area (Å²) < 4.78 is 5.45. The normalized spacial score (nSPS) is 18.0. The number of hydrogen-bond acceptors (Lipinski definition) is 6. The molecule has 0 bridgehead atoms. The van der Waals surface area contributed by atoms with Crippen LogP contribution in [0.25, 0.3) is 11.5 Å². The van der Waals surface area contributed by atoms with Gasteiger partial charge in [-0.3, -0.25) is 4.90 Å². The maximum absolute atomic E-state index is 5.45. The minimum absolute atomic E-state index is 0.332. The lowest BCUT2D eigenvalue weighted by atomic mass is 10.1. The van der Waals surface area contributed by atoms with E-state index in [-0.39, 0.29) is 0 Å². The zero-order valence-electron chi connectivity index (χ0n) is 14.8. The maximum Gasteiger partial charge on any atom is 0.257 e. The Kier molecular flexibility index (Phi) is 5.60. The third-order valence-electron chi connectivity index (χ3n) is 4.63. The van der Waals surface area contributed by atoms with Crippen molar-refractivity contribution in [2.45, 2.75) is 25.9 Å². The molecule has 1 aromatic carbocycles. The van der Waals surface area contributed by atoms with E-state index in [2.05, 4.69) is 57.4 Å². The second-order valence-corrected chi connectivity index (χ2v) is 6.69. The van der Waals surface area contributed by atoms with Gasteiger partial charge in [-0.15, -0.1) is 0 Å². The number of piperazine rings is 1. The number of aromatic nitrogens is 2. The third-order valence-corrected chi connectivity index (χ3v) is 4.63. The van der Waals surface area contributed by atoms with Crippen LogP contribution in [0.4, 0.5) is 0 Å². The molecular formula is C18H27N5O. The molecular weight excluding hydrogens is 302 g/mol. The predicted octanol–water partition coefficient (Wildman–Crippen LogP) is 1.63. The average Bonchev–Trinajstić information content (AvgIpc) is 3.05. The molecule has 1 aliphatic heterocycles. The Labute approximate surface area is 143 Å². The lowest BCUT2D eigenvalue weighted by Crippen LogP contribution is -2.43. The van der Waals surface area contributed by atoms with E-state index in [1.807, 2.05) is 13.1 Å². The number of nitrogens with zero attached hydrogens (tertiary/aromatic N) is 4. The van der Waals surface area contributed by atoms with Gasteiger partial charge < -0.3 is 14.7 Å². The molecule has 0 aliphatic carbocycles. The molecule has 1 aromatic heterocycles. The molecule has 6 nitrogen and oxygen atoms in total. The van der Waals surface area contributed by atoms with Crippen LogP contribution in [-0.2, 0) is 13.0 Å². The molecule has 0 saturated carbocycles. The molecule has 1 unspecified atom stereocenters. The van der Waals surface area contributed by atoms with Crippen molar-refractivity contribution in [3.8, 4) is 11.5 Å². The summed E-state index contributed by atoms with van der Waals surface area (Å²) in [6.07, 6.45) is 0.765. The van der Waals surface area contributed by atoms with Gasteiger partial charge in [0.05, 0.1) is 0 Å². The fourth-order valence-corrected chi connectivity index (χ4v) is 2.90. The van der Waals surface area contributed by atoms with Crippen LogP contribution in [0.2, 0.25) is 0 Å². The Morgan fingerprint density at radius 2 is 2.04 bits per heavy atom. The number of hydrogen-bond donors (Lipinski definition) is 1. The second kappa shape index (κ2) is 7.88. The van der Waals surface area contributed by atoms with E-state index in [9.17, 15) is 0 Å². The van der Waals surface area contributed by atoms with E-state index in [0.717, 1.165) is 50.5 Å². The van der Waals surface area contributed by atoms with Gasteiger partial charge in [-0.2, -0.15) is 4.98 Å². The van der Waals surface area contributed by atoms with E-state index >= 15 is 0 Å². The Bertz CT molecular complexity index is 648. The Morgan fingerprint density at radius 1 is 1.25 bits per heavy atom. The molecule has 0 radical (unpaired) electrons. The van der Waals surface area contributed by atoms with E-state index in [4.69, 9.17) is 4.52 Å². The largest absolute Gasteiger partial charge is 0.334 e. The first-order valence-corrected chi connectivity index (χ1v) is 8.64. The van der Waals surface area contributed by atoms with E-state index in [1.54, 1.807) is 0 Å². The highest BCUT2D eigenvalue weighted by Gasteiger charge is 2.15. The van der Waals surface area contributed by atoms with Gasteiger partial charge in [0.25, 0.3) is 5.89 Å². The third kappa shape index (κ3) is 4.41. The summed E-state index contributed by atoms with van der Waals surface area (Å²) >= 11 is 0. The van der Waals surface area contributed by atoms with Crippen molar-refractivity contribution < 1.29 is 4.52 Å². The van der Waals surface area contributed by atoms with Crippen molar-refractivity contribution in [3.63, 3.8) is 0 Å². The van der Waals surface area contributed by atoms with Gasteiger partial charge in [-0.25, -0.2) is 0 Å². The van der Waals surface area contributed by atoms with Crippen molar-refractivity contribution >= 4 is 0 Å². The van der Waals surface area contributed by atoms with E-state index < -0.39 is 0 Å². The molecule has 130 valence electrons. The van der Waals surface area contributed by atoms with Crippen LogP contribution >= 0.6 is 0 Å². The van der Waals surface area contributed by atoms with Gasteiger partial charge in [0, 0.05) is 50.7 Å². The first kappa shape index (κ1) is 17.1. The smallest absolute Gasteiger partial charge is 0.257 e. The zero-order valence-corrected chi connectivity index (χ0v) is 14.8. The molecule has 24 heavy (non-hydrogen) atoms. The summed E-state index contributed by atoms with van der Waals surface area (Å²) in [6, 6.07) is 8.77. The van der Waals surface area contributed by atoms with Crippen molar-refractivity contribution in [2.75, 3.05) is 40.3 Å². The number of nitrogens with one attached hydrogen (secondary N) is 1. The standard InChI is InChI=1S/C18H27N5O/c1-14(19-2)11-17-20-18(24-21-17)16-6-4-5-15(12-16)13-23-9-7-22(3)8-10-23/h4-6,12,14,19H,7-11,13H2,1-3H3. The van der Waals surface area contributed by atoms with Crippen molar-refractivity contribution in [1.82, 2.24) is 25.3 Å². The van der Waals surface area contributed by atoms with Crippen LogP contribution < -0.4 is 5.32 Å². The molecule has 2 heterocycles. The summed E-state index contributed by atoms with van der Waals surface area (Å²) in [6.45, 7) is 7.58. The van der Waals surface area contributed by atoms with E-state index in [0.29, 0.717) is 11.9 Å². The van der Waals surface area contributed by atoms with Crippen molar-refractivity contribution in [1.29, 1.82) is 0 Å². The molecule has 6 heteroatoms. The lowest BCUT2D eigenvalue weighted by molar-refractivity contribution is 0.148. The zero-order chi connectivity index (χ0) is 16.9.